The van der Waals surface area contributed by atoms with Gasteiger partial charge in [-0.05, 0) is 26.8 Å². The van der Waals surface area contributed by atoms with Crippen LogP contribution in [0.3, 0.4) is 0 Å². The van der Waals surface area contributed by atoms with Crippen molar-refractivity contribution in [1.29, 1.82) is 0 Å². The molecule has 0 saturated carbocycles. The zero-order valence-corrected chi connectivity index (χ0v) is 10.1. The Bertz CT molecular complexity index is 417. The zero-order valence-electron chi connectivity index (χ0n) is 10.1. The molecule has 1 heterocycles. The number of carbonyl (C=O) groups excluding carboxylic acids is 2. The summed E-state index contributed by atoms with van der Waals surface area (Å²) in [7, 11) is 0. The molecule has 1 aromatic heterocycles. The van der Waals surface area contributed by atoms with Crippen molar-refractivity contribution in [3.63, 3.8) is 0 Å². The summed E-state index contributed by atoms with van der Waals surface area (Å²) in [5.74, 6) is -0.137. The standard InChI is InChI=1S/C11H16N2O4/c1-11(2,3)17-10(15)13-5-8-4-7(6-16-8)9(12)14/h4,6H,5H2,1-3H3,(H2,12,14)(H,13,15). The highest BCUT2D eigenvalue weighted by Gasteiger charge is 2.16. The van der Waals surface area contributed by atoms with Crippen LogP contribution in [0.25, 0.3) is 0 Å². The highest BCUT2D eigenvalue weighted by atomic mass is 16.6. The van der Waals surface area contributed by atoms with E-state index in [1.54, 1.807) is 20.8 Å². The lowest BCUT2D eigenvalue weighted by Gasteiger charge is -2.19. The van der Waals surface area contributed by atoms with Crippen LogP contribution in [0.5, 0.6) is 0 Å². The molecule has 1 rings (SSSR count). The molecule has 6 nitrogen and oxygen atoms in total. The van der Waals surface area contributed by atoms with Crippen LogP contribution >= 0.6 is 0 Å². The number of nitrogens with one attached hydrogen (secondary N) is 1. The van der Waals surface area contributed by atoms with Gasteiger partial charge in [0, 0.05) is 0 Å². The first kappa shape index (κ1) is 13.1. The van der Waals surface area contributed by atoms with Crippen LogP contribution < -0.4 is 11.1 Å². The second kappa shape index (κ2) is 4.90. The number of alkyl carbamates (subject to hydrolysis) is 1. The van der Waals surface area contributed by atoms with E-state index in [0.717, 1.165) is 0 Å². The summed E-state index contributed by atoms with van der Waals surface area (Å²) in [4.78, 5) is 22.1. The van der Waals surface area contributed by atoms with Crippen molar-refractivity contribution in [1.82, 2.24) is 5.32 Å². The van der Waals surface area contributed by atoms with E-state index >= 15 is 0 Å². The summed E-state index contributed by atoms with van der Waals surface area (Å²) >= 11 is 0. The number of rotatable bonds is 3. The molecule has 0 fully saturated rings. The fraction of sp³-hybridized carbons (Fsp3) is 0.455. The van der Waals surface area contributed by atoms with Crippen LogP contribution in [0.2, 0.25) is 0 Å². The third-order valence-corrected chi connectivity index (χ3v) is 1.74. The fourth-order valence-corrected chi connectivity index (χ4v) is 1.08. The highest BCUT2D eigenvalue weighted by Crippen LogP contribution is 2.09. The number of carbonyl (C=O) groups is 2. The molecule has 6 heteroatoms. The van der Waals surface area contributed by atoms with Crippen molar-refractivity contribution in [2.45, 2.75) is 32.9 Å². The first-order valence-electron chi connectivity index (χ1n) is 5.12. The van der Waals surface area contributed by atoms with Crippen LogP contribution in [0.1, 0.15) is 36.9 Å². The van der Waals surface area contributed by atoms with Gasteiger partial charge in [0.2, 0.25) is 0 Å². The largest absolute Gasteiger partial charge is 0.467 e. The molecule has 17 heavy (non-hydrogen) atoms. The van der Waals surface area contributed by atoms with Gasteiger partial charge in [0.05, 0.1) is 12.1 Å². The van der Waals surface area contributed by atoms with Gasteiger partial charge < -0.3 is 20.2 Å². The van der Waals surface area contributed by atoms with Crippen LogP contribution in [0.4, 0.5) is 4.79 Å². The minimum Gasteiger partial charge on any atom is -0.467 e. The molecule has 2 amide bonds. The number of amides is 2. The summed E-state index contributed by atoms with van der Waals surface area (Å²) in [5, 5.41) is 2.50. The van der Waals surface area contributed by atoms with Gasteiger partial charge in [0.25, 0.3) is 5.91 Å². The molecule has 0 spiro atoms. The number of hydrogen-bond acceptors (Lipinski definition) is 4. The summed E-state index contributed by atoms with van der Waals surface area (Å²) in [6.07, 6.45) is 0.698. The van der Waals surface area contributed by atoms with E-state index in [-0.39, 0.29) is 12.1 Å². The van der Waals surface area contributed by atoms with E-state index in [4.69, 9.17) is 14.9 Å². The monoisotopic (exact) mass is 240 g/mol. The van der Waals surface area contributed by atoms with Crippen molar-refractivity contribution in [3.8, 4) is 0 Å². The van der Waals surface area contributed by atoms with Gasteiger partial charge in [-0.1, -0.05) is 0 Å². The van der Waals surface area contributed by atoms with Gasteiger partial charge in [-0.2, -0.15) is 0 Å². The summed E-state index contributed by atoms with van der Waals surface area (Å²) < 4.78 is 10.1. The number of ether oxygens (including phenoxy) is 1. The van der Waals surface area contributed by atoms with E-state index in [9.17, 15) is 9.59 Å². The third-order valence-electron chi connectivity index (χ3n) is 1.74. The SMILES string of the molecule is CC(C)(C)OC(=O)NCc1cc(C(N)=O)co1. The Hall–Kier alpha value is -1.98. The first-order valence-corrected chi connectivity index (χ1v) is 5.12. The Balaban J connectivity index is 2.45. The minimum absolute atomic E-state index is 0.141. The maximum absolute atomic E-state index is 11.3. The van der Waals surface area contributed by atoms with Crippen LogP contribution in [-0.4, -0.2) is 17.6 Å². The zero-order chi connectivity index (χ0) is 13.1. The molecule has 3 N–H and O–H groups in total. The number of primary amides is 1. The Labute approximate surface area is 99.1 Å². The maximum Gasteiger partial charge on any atom is 0.408 e. The van der Waals surface area contributed by atoms with Gasteiger partial charge in [-0.3, -0.25) is 4.79 Å². The Morgan fingerprint density at radius 2 is 2.12 bits per heavy atom. The van der Waals surface area contributed by atoms with E-state index in [0.29, 0.717) is 5.76 Å². The van der Waals surface area contributed by atoms with Crippen molar-refractivity contribution < 1.29 is 18.7 Å². The molecular weight excluding hydrogens is 224 g/mol. The average Bonchev–Trinajstić information content (AvgIpc) is 2.60. The van der Waals surface area contributed by atoms with E-state index in [1.807, 2.05) is 0 Å². The molecule has 0 aliphatic heterocycles. The molecule has 0 aromatic carbocycles. The second-order valence-corrected chi connectivity index (χ2v) is 4.52. The number of hydrogen-bond donors (Lipinski definition) is 2. The topological polar surface area (TPSA) is 94.6 Å². The van der Waals surface area contributed by atoms with Gasteiger partial charge in [0.1, 0.15) is 17.6 Å². The molecule has 0 unspecified atom stereocenters. The molecule has 0 atom stereocenters. The highest BCUT2D eigenvalue weighted by molar-refractivity contribution is 5.92. The van der Waals surface area contributed by atoms with Gasteiger partial charge in [-0.25, -0.2) is 4.79 Å². The third kappa shape index (κ3) is 4.58. The minimum atomic E-state index is -0.572. The normalized spacial score (nSPS) is 11.0. The molecule has 94 valence electrons. The Morgan fingerprint density at radius 1 is 1.47 bits per heavy atom. The van der Waals surface area contributed by atoms with Gasteiger partial charge in [0.15, 0.2) is 0 Å². The molecule has 0 radical (unpaired) electrons. The lowest BCUT2D eigenvalue weighted by Crippen LogP contribution is -2.32. The van der Waals surface area contributed by atoms with Gasteiger partial charge in [-0.15, -0.1) is 0 Å². The summed E-state index contributed by atoms with van der Waals surface area (Å²) in [6.45, 7) is 5.45. The molecule has 0 aliphatic rings. The summed E-state index contributed by atoms with van der Waals surface area (Å²) in [6, 6.07) is 1.47. The van der Waals surface area contributed by atoms with E-state index < -0.39 is 17.6 Å². The molecular formula is C11H16N2O4. The average molecular weight is 240 g/mol. The predicted molar refractivity (Wildman–Crippen MR) is 60.3 cm³/mol. The number of furan rings is 1. The Kier molecular flexibility index (Phi) is 3.77. The van der Waals surface area contributed by atoms with Gasteiger partial charge >= 0.3 is 6.09 Å². The summed E-state index contributed by atoms with van der Waals surface area (Å²) in [5.41, 5.74) is 4.77. The first-order chi connectivity index (χ1) is 7.78. The van der Waals surface area contributed by atoms with Crippen LogP contribution in [0.15, 0.2) is 16.7 Å². The quantitative estimate of drug-likeness (QED) is 0.834. The Morgan fingerprint density at radius 3 is 2.59 bits per heavy atom. The molecule has 0 aliphatic carbocycles. The van der Waals surface area contributed by atoms with E-state index in [1.165, 1.54) is 12.3 Å². The lowest BCUT2D eigenvalue weighted by molar-refractivity contribution is 0.0519. The molecule has 0 saturated heterocycles. The smallest absolute Gasteiger partial charge is 0.408 e. The number of nitrogens with two attached hydrogens (primary N) is 1. The fourth-order valence-electron chi connectivity index (χ4n) is 1.08. The van der Waals surface area contributed by atoms with Crippen molar-refractivity contribution in [2.75, 3.05) is 0 Å². The molecule has 0 bridgehead atoms. The molecule has 1 aromatic rings. The van der Waals surface area contributed by atoms with Crippen LogP contribution in [-0.2, 0) is 11.3 Å². The van der Waals surface area contributed by atoms with Crippen LogP contribution in [0, 0.1) is 0 Å². The lowest BCUT2D eigenvalue weighted by atomic mass is 10.2. The van der Waals surface area contributed by atoms with Crippen molar-refractivity contribution in [3.05, 3.63) is 23.7 Å². The van der Waals surface area contributed by atoms with Crippen molar-refractivity contribution >= 4 is 12.0 Å². The van der Waals surface area contributed by atoms with Crippen molar-refractivity contribution in [2.24, 2.45) is 5.73 Å². The maximum atomic E-state index is 11.3. The van der Waals surface area contributed by atoms with E-state index in [2.05, 4.69) is 5.32 Å². The second-order valence-electron chi connectivity index (χ2n) is 4.52. The predicted octanol–water partition coefficient (Wildman–Crippen LogP) is 1.40.